The summed E-state index contributed by atoms with van der Waals surface area (Å²) in [5, 5.41) is 22.2. The number of nitrogens with one attached hydrogen (secondary N) is 1. The minimum absolute atomic E-state index is 0.299. The molecule has 1 heterocycles. The summed E-state index contributed by atoms with van der Waals surface area (Å²) in [7, 11) is -2.23. The summed E-state index contributed by atoms with van der Waals surface area (Å²) >= 11 is 0. The van der Waals surface area contributed by atoms with Gasteiger partial charge in [0, 0.05) is 31.4 Å². The molecule has 0 saturated heterocycles. The Morgan fingerprint density at radius 3 is 2.69 bits per heavy atom. The Hall–Kier alpha value is -2.75. The fourth-order valence-electron chi connectivity index (χ4n) is 2.73. The predicted octanol–water partition coefficient (Wildman–Crippen LogP) is 2.10. The molecule has 0 aliphatic carbocycles. The third-order valence-corrected chi connectivity index (χ3v) is 5.58. The van der Waals surface area contributed by atoms with Gasteiger partial charge in [-0.2, -0.15) is 0 Å². The molecule has 2 aromatic carbocycles. The van der Waals surface area contributed by atoms with Gasteiger partial charge in [0.25, 0.3) is 5.69 Å². The molecule has 3 aromatic rings. The first-order chi connectivity index (χ1) is 12.3. The van der Waals surface area contributed by atoms with Crippen molar-refractivity contribution in [2.24, 2.45) is 7.05 Å². The number of benzene rings is 2. The molecule has 8 nitrogen and oxygen atoms in total. The van der Waals surface area contributed by atoms with Crippen LogP contribution in [0.1, 0.15) is 11.7 Å². The number of nitro groups is 1. The number of sulfonamides is 1. The van der Waals surface area contributed by atoms with Crippen molar-refractivity contribution in [2.75, 3.05) is 6.54 Å². The van der Waals surface area contributed by atoms with Gasteiger partial charge >= 0.3 is 0 Å². The molecule has 1 unspecified atom stereocenters. The van der Waals surface area contributed by atoms with Crippen molar-refractivity contribution < 1.29 is 18.4 Å². The molecule has 0 aliphatic rings. The lowest BCUT2D eigenvalue weighted by Crippen LogP contribution is -2.29. The van der Waals surface area contributed by atoms with Gasteiger partial charge in [-0.3, -0.25) is 10.1 Å². The Balaban J connectivity index is 1.79. The number of hydrogen-bond acceptors (Lipinski definition) is 5. The van der Waals surface area contributed by atoms with Crippen LogP contribution in [0.5, 0.6) is 0 Å². The average molecular weight is 375 g/mol. The lowest BCUT2D eigenvalue weighted by atomic mass is 10.1. The van der Waals surface area contributed by atoms with Crippen LogP contribution in [0.2, 0.25) is 0 Å². The number of aliphatic hydroxyl groups excluding tert-OH is 1. The molecule has 1 atom stereocenters. The van der Waals surface area contributed by atoms with Gasteiger partial charge in [-0.05, 0) is 35.2 Å². The van der Waals surface area contributed by atoms with E-state index >= 15 is 0 Å². The van der Waals surface area contributed by atoms with Crippen molar-refractivity contribution in [3.05, 3.63) is 70.4 Å². The predicted molar refractivity (Wildman–Crippen MR) is 96.2 cm³/mol. The number of nitro benzene ring substituents is 1. The van der Waals surface area contributed by atoms with Crippen LogP contribution in [0.3, 0.4) is 0 Å². The highest BCUT2D eigenvalue weighted by molar-refractivity contribution is 7.89. The van der Waals surface area contributed by atoms with E-state index in [9.17, 15) is 23.6 Å². The molecule has 3 rings (SSSR count). The molecule has 2 N–H and O–H groups in total. The zero-order chi connectivity index (χ0) is 18.9. The molecule has 1 aromatic heterocycles. The second-order valence-electron chi connectivity index (χ2n) is 5.84. The van der Waals surface area contributed by atoms with E-state index in [1.165, 1.54) is 12.1 Å². The molecular weight excluding hydrogens is 358 g/mol. The summed E-state index contributed by atoms with van der Waals surface area (Å²) in [4.78, 5) is 9.83. The summed E-state index contributed by atoms with van der Waals surface area (Å²) in [5.74, 6) is 0. The van der Waals surface area contributed by atoms with E-state index in [1.807, 2.05) is 29.9 Å². The van der Waals surface area contributed by atoms with E-state index in [1.54, 1.807) is 12.1 Å². The Kier molecular flexibility index (Phi) is 4.77. The Bertz CT molecular complexity index is 1070. The Labute approximate surface area is 149 Å². The van der Waals surface area contributed by atoms with Crippen LogP contribution in [0.25, 0.3) is 10.9 Å². The second-order valence-corrected chi connectivity index (χ2v) is 7.57. The fraction of sp³-hybridized carbons (Fsp3) is 0.176. The third-order valence-electron chi connectivity index (χ3n) is 4.11. The van der Waals surface area contributed by atoms with E-state index in [0.29, 0.717) is 5.56 Å². The van der Waals surface area contributed by atoms with Crippen LogP contribution in [-0.4, -0.2) is 29.6 Å². The van der Waals surface area contributed by atoms with Gasteiger partial charge in [-0.1, -0.05) is 18.2 Å². The monoisotopic (exact) mass is 375 g/mol. The van der Waals surface area contributed by atoms with Gasteiger partial charge in [0.1, 0.15) is 0 Å². The highest BCUT2D eigenvalue weighted by atomic mass is 32.2. The Morgan fingerprint density at radius 1 is 1.23 bits per heavy atom. The van der Waals surface area contributed by atoms with Crippen molar-refractivity contribution in [3.8, 4) is 0 Å². The van der Waals surface area contributed by atoms with Crippen LogP contribution in [-0.2, 0) is 17.1 Å². The van der Waals surface area contributed by atoms with Gasteiger partial charge in [0.15, 0.2) is 4.90 Å². The standard InChI is InChI=1S/C17H17N3O5S/c1-19-9-8-12-10-13(6-7-14(12)19)16(21)11-18-26(24,25)17-5-3-2-4-15(17)20(22)23/h2-10,16,18,21H,11H2,1H3. The maximum absolute atomic E-state index is 12.4. The summed E-state index contributed by atoms with van der Waals surface area (Å²) in [6, 6.07) is 12.3. The summed E-state index contributed by atoms with van der Waals surface area (Å²) in [6.07, 6.45) is 0.801. The van der Waals surface area contributed by atoms with E-state index < -0.39 is 31.6 Å². The van der Waals surface area contributed by atoms with Crippen LogP contribution >= 0.6 is 0 Å². The summed E-state index contributed by atoms with van der Waals surface area (Å²) < 4.78 is 28.9. The number of hydrogen-bond donors (Lipinski definition) is 2. The van der Waals surface area contributed by atoms with E-state index in [4.69, 9.17) is 0 Å². The van der Waals surface area contributed by atoms with Crippen LogP contribution < -0.4 is 4.72 Å². The lowest BCUT2D eigenvalue weighted by Gasteiger charge is -2.13. The zero-order valence-corrected chi connectivity index (χ0v) is 14.7. The molecule has 9 heteroatoms. The molecule has 0 radical (unpaired) electrons. The van der Waals surface area contributed by atoms with Gasteiger partial charge < -0.3 is 9.67 Å². The molecular formula is C17H17N3O5S. The quantitative estimate of drug-likeness (QED) is 0.506. The molecule has 0 amide bonds. The van der Waals surface area contributed by atoms with E-state index in [2.05, 4.69) is 4.72 Å². The largest absolute Gasteiger partial charge is 0.387 e. The number of aromatic nitrogens is 1. The average Bonchev–Trinajstić information content (AvgIpc) is 3.00. The molecule has 0 bridgehead atoms. The Morgan fingerprint density at radius 2 is 1.96 bits per heavy atom. The normalized spacial score (nSPS) is 13.0. The minimum Gasteiger partial charge on any atom is -0.387 e. The van der Waals surface area contributed by atoms with Gasteiger partial charge in [-0.25, -0.2) is 13.1 Å². The number of aliphatic hydroxyl groups is 1. The number of nitrogens with zero attached hydrogens (tertiary/aromatic N) is 2. The molecule has 26 heavy (non-hydrogen) atoms. The first-order valence-corrected chi connectivity index (χ1v) is 9.24. The topological polar surface area (TPSA) is 114 Å². The van der Waals surface area contributed by atoms with Crippen LogP contribution in [0.4, 0.5) is 5.69 Å². The smallest absolute Gasteiger partial charge is 0.289 e. The van der Waals surface area contributed by atoms with Crippen molar-refractivity contribution in [1.29, 1.82) is 0 Å². The number of para-hydroxylation sites is 1. The van der Waals surface area contributed by atoms with Crippen LogP contribution in [0.15, 0.2) is 59.6 Å². The lowest BCUT2D eigenvalue weighted by molar-refractivity contribution is -0.387. The fourth-order valence-corrected chi connectivity index (χ4v) is 3.94. The van der Waals surface area contributed by atoms with Gasteiger partial charge in [-0.15, -0.1) is 0 Å². The van der Waals surface area contributed by atoms with Crippen molar-refractivity contribution in [1.82, 2.24) is 9.29 Å². The highest BCUT2D eigenvalue weighted by Gasteiger charge is 2.25. The van der Waals surface area contributed by atoms with E-state index in [0.717, 1.165) is 23.0 Å². The zero-order valence-electron chi connectivity index (χ0n) is 13.9. The summed E-state index contributed by atoms with van der Waals surface area (Å²) in [5.41, 5.74) is 1.02. The van der Waals surface area contributed by atoms with E-state index in [-0.39, 0.29) is 6.54 Å². The van der Waals surface area contributed by atoms with Crippen molar-refractivity contribution in [3.63, 3.8) is 0 Å². The maximum Gasteiger partial charge on any atom is 0.289 e. The second kappa shape index (κ2) is 6.87. The molecule has 0 aliphatic heterocycles. The highest BCUT2D eigenvalue weighted by Crippen LogP contribution is 2.24. The number of aryl methyl sites for hydroxylation is 1. The first-order valence-electron chi connectivity index (χ1n) is 7.76. The minimum atomic E-state index is -4.13. The summed E-state index contributed by atoms with van der Waals surface area (Å²) in [6.45, 7) is -0.299. The molecule has 0 fully saturated rings. The number of fused-ring (bicyclic) bond motifs is 1. The molecule has 0 spiro atoms. The third kappa shape index (κ3) is 3.45. The SMILES string of the molecule is Cn1ccc2cc(C(O)CNS(=O)(=O)c3ccccc3[N+](=O)[O-])ccc21. The van der Waals surface area contributed by atoms with Crippen LogP contribution in [0, 0.1) is 10.1 Å². The maximum atomic E-state index is 12.4. The molecule has 0 saturated carbocycles. The van der Waals surface area contributed by atoms with Crippen molar-refractivity contribution >= 4 is 26.6 Å². The van der Waals surface area contributed by atoms with Gasteiger partial charge in [0.05, 0.1) is 11.0 Å². The number of rotatable bonds is 6. The molecule has 136 valence electrons. The van der Waals surface area contributed by atoms with Gasteiger partial charge in [0.2, 0.25) is 10.0 Å². The van der Waals surface area contributed by atoms with Crippen molar-refractivity contribution in [2.45, 2.75) is 11.0 Å². The first kappa shape index (κ1) is 18.1.